The fraction of sp³-hybridized carbons (Fsp3) is 0.462. The van der Waals surface area contributed by atoms with Gasteiger partial charge in [0.2, 0.25) is 5.91 Å². The molecule has 0 saturated carbocycles. The standard InChI is InChI=1S/C13H18BrNO3/c1-17-11-4-3-10(9-12(11)18-2)6-8-15-13(16)5-7-14/h3-4,9H,5-8H2,1-2H3,(H,15,16). The summed E-state index contributed by atoms with van der Waals surface area (Å²) in [6.07, 6.45) is 1.28. The van der Waals surface area contributed by atoms with Gasteiger partial charge in [0.1, 0.15) is 0 Å². The Bertz CT molecular complexity index is 396. The SMILES string of the molecule is COc1ccc(CCNC(=O)CCBr)cc1OC. The van der Waals surface area contributed by atoms with Crippen molar-refractivity contribution in [1.82, 2.24) is 5.32 Å². The van der Waals surface area contributed by atoms with Gasteiger partial charge in [0.15, 0.2) is 11.5 Å². The smallest absolute Gasteiger partial charge is 0.220 e. The van der Waals surface area contributed by atoms with E-state index in [4.69, 9.17) is 9.47 Å². The van der Waals surface area contributed by atoms with Crippen LogP contribution in [0.25, 0.3) is 0 Å². The Balaban J connectivity index is 2.50. The fourth-order valence-electron chi connectivity index (χ4n) is 1.56. The van der Waals surface area contributed by atoms with Crippen molar-refractivity contribution in [3.63, 3.8) is 0 Å². The van der Waals surface area contributed by atoms with Crippen molar-refractivity contribution in [2.24, 2.45) is 0 Å². The van der Waals surface area contributed by atoms with Crippen LogP contribution in [-0.4, -0.2) is 32.0 Å². The van der Waals surface area contributed by atoms with Crippen molar-refractivity contribution >= 4 is 21.8 Å². The number of carbonyl (C=O) groups is 1. The second-order valence-corrected chi connectivity index (χ2v) is 4.52. The maximum atomic E-state index is 11.3. The molecule has 1 rings (SSSR count). The third-order valence-corrected chi connectivity index (χ3v) is 2.90. The monoisotopic (exact) mass is 315 g/mol. The summed E-state index contributed by atoms with van der Waals surface area (Å²) < 4.78 is 10.4. The molecule has 0 fully saturated rings. The average Bonchev–Trinajstić information content (AvgIpc) is 2.38. The van der Waals surface area contributed by atoms with Crippen molar-refractivity contribution in [2.45, 2.75) is 12.8 Å². The van der Waals surface area contributed by atoms with Crippen LogP contribution in [0.3, 0.4) is 0 Å². The predicted octanol–water partition coefficient (Wildman–Crippen LogP) is 2.15. The molecule has 1 aromatic carbocycles. The number of carbonyl (C=O) groups excluding carboxylic acids is 1. The van der Waals surface area contributed by atoms with Crippen LogP contribution in [0.1, 0.15) is 12.0 Å². The molecule has 4 nitrogen and oxygen atoms in total. The Morgan fingerprint density at radius 1 is 1.28 bits per heavy atom. The first-order valence-corrected chi connectivity index (χ1v) is 6.87. The molecule has 0 aliphatic rings. The van der Waals surface area contributed by atoms with Gasteiger partial charge in [-0.15, -0.1) is 0 Å². The van der Waals surface area contributed by atoms with Crippen molar-refractivity contribution in [3.05, 3.63) is 23.8 Å². The van der Waals surface area contributed by atoms with Crippen LogP contribution in [0.2, 0.25) is 0 Å². The molecule has 100 valence electrons. The number of alkyl halides is 1. The summed E-state index contributed by atoms with van der Waals surface area (Å²) in [5.74, 6) is 1.48. The second kappa shape index (κ2) is 7.97. The highest BCUT2D eigenvalue weighted by atomic mass is 79.9. The number of amides is 1. The average molecular weight is 316 g/mol. The van der Waals surface area contributed by atoms with Gasteiger partial charge >= 0.3 is 0 Å². The second-order valence-electron chi connectivity index (χ2n) is 3.73. The van der Waals surface area contributed by atoms with Crippen molar-refractivity contribution in [1.29, 1.82) is 0 Å². The van der Waals surface area contributed by atoms with E-state index >= 15 is 0 Å². The zero-order valence-corrected chi connectivity index (χ0v) is 12.2. The molecule has 0 aliphatic heterocycles. The Morgan fingerprint density at radius 3 is 2.61 bits per heavy atom. The molecule has 0 radical (unpaired) electrons. The zero-order chi connectivity index (χ0) is 13.4. The van der Waals surface area contributed by atoms with Crippen molar-refractivity contribution in [3.8, 4) is 11.5 Å². The number of halogens is 1. The molecule has 0 aromatic heterocycles. The van der Waals surface area contributed by atoms with E-state index in [9.17, 15) is 4.79 Å². The molecule has 0 unspecified atom stereocenters. The van der Waals surface area contributed by atoms with Gasteiger partial charge in [0.05, 0.1) is 14.2 Å². The van der Waals surface area contributed by atoms with E-state index in [1.54, 1.807) is 14.2 Å². The van der Waals surface area contributed by atoms with Crippen LogP contribution in [0, 0.1) is 0 Å². The molecule has 0 saturated heterocycles. The molecule has 18 heavy (non-hydrogen) atoms. The lowest BCUT2D eigenvalue weighted by Gasteiger charge is -2.10. The Morgan fingerprint density at radius 2 is 2.00 bits per heavy atom. The van der Waals surface area contributed by atoms with E-state index in [2.05, 4.69) is 21.2 Å². The summed E-state index contributed by atoms with van der Waals surface area (Å²) in [5, 5.41) is 3.55. The van der Waals surface area contributed by atoms with E-state index in [1.165, 1.54) is 0 Å². The summed E-state index contributed by atoms with van der Waals surface area (Å²) in [7, 11) is 3.22. The third kappa shape index (κ3) is 4.56. The van der Waals surface area contributed by atoms with Crippen LogP contribution >= 0.6 is 15.9 Å². The summed E-state index contributed by atoms with van der Waals surface area (Å²) in [4.78, 5) is 11.3. The van der Waals surface area contributed by atoms with Crippen LogP contribution in [0.15, 0.2) is 18.2 Å². The lowest BCUT2D eigenvalue weighted by molar-refractivity contribution is -0.120. The number of hydrogen-bond acceptors (Lipinski definition) is 3. The Kier molecular flexibility index (Phi) is 6.57. The van der Waals surface area contributed by atoms with E-state index in [0.717, 1.165) is 12.0 Å². The van der Waals surface area contributed by atoms with Gasteiger partial charge in [-0.3, -0.25) is 4.79 Å². The minimum atomic E-state index is 0.0624. The fourth-order valence-corrected chi connectivity index (χ4v) is 1.92. The topological polar surface area (TPSA) is 47.6 Å². The van der Waals surface area contributed by atoms with Gasteiger partial charge in [-0.2, -0.15) is 0 Å². The van der Waals surface area contributed by atoms with Gasteiger partial charge in [0, 0.05) is 18.3 Å². The number of rotatable bonds is 7. The summed E-state index contributed by atoms with van der Waals surface area (Å²) in [6, 6.07) is 5.77. The van der Waals surface area contributed by atoms with Gasteiger partial charge in [0.25, 0.3) is 0 Å². The van der Waals surface area contributed by atoms with Crippen LogP contribution in [-0.2, 0) is 11.2 Å². The van der Waals surface area contributed by atoms with E-state index in [-0.39, 0.29) is 5.91 Å². The molecule has 1 amide bonds. The molecule has 1 N–H and O–H groups in total. The maximum absolute atomic E-state index is 11.3. The minimum Gasteiger partial charge on any atom is -0.493 e. The summed E-state index contributed by atoms with van der Waals surface area (Å²) in [6.45, 7) is 0.626. The Labute approximate surface area is 116 Å². The minimum absolute atomic E-state index is 0.0624. The molecule has 0 heterocycles. The lowest BCUT2D eigenvalue weighted by Crippen LogP contribution is -2.25. The molecule has 0 atom stereocenters. The van der Waals surface area contributed by atoms with E-state index in [1.807, 2.05) is 18.2 Å². The van der Waals surface area contributed by atoms with Gasteiger partial charge < -0.3 is 14.8 Å². The number of ether oxygens (including phenoxy) is 2. The molecule has 1 aromatic rings. The summed E-state index contributed by atoms with van der Waals surface area (Å²) in [5.41, 5.74) is 1.10. The van der Waals surface area contributed by atoms with Crippen molar-refractivity contribution in [2.75, 3.05) is 26.1 Å². The molecule has 0 spiro atoms. The zero-order valence-electron chi connectivity index (χ0n) is 10.7. The van der Waals surface area contributed by atoms with Crippen LogP contribution < -0.4 is 14.8 Å². The highest BCUT2D eigenvalue weighted by molar-refractivity contribution is 9.09. The molecular weight excluding hydrogens is 298 g/mol. The number of nitrogens with one attached hydrogen (secondary N) is 1. The number of benzene rings is 1. The van der Waals surface area contributed by atoms with Crippen LogP contribution in [0.4, 0.5) is 0 Å². The van der Waals surface area contributed by atoms with Crippen LogP contribution in [0.5, 0.6) is 11.5 Å². The molecular formula is C13H18BrNO3. The predicted molar refractivity (Wildman–Crippen MR) is 74.7 cm³/mol. The van der Waals surface area contributed by atoms with E-state index < -0.39 is 0 Å². The highest BCUT2D eigenvalue weighted by Crippen LogP contribution is 2.27. The number of hydrogen-bond donors (Lipinski definition) is 1. The highest BCUT2D eigenvalue weighted by Gasteiger charge is 2.05. The van der Waals surface area contributed by atoms with Gasteiger partial charge in [-0.05, 0) is 24.1 Å². The molecule has 5 heteroatoms. The molecule has 0 aliphatic carbocycles. The largest absolute Gasteiger partial charge is 0.493 e. The van der Waals surface area contributed by atoms with Gasteiger partial charge in [-0.1, -0.05) is 22.0 Å². The first kappa shape index (κ1) is 14.8. The first-order chi connectivity index (χ1) is 8.71. The van der Waals surface area contributed by atoms with Crippen molar-refractivity contribution < 1.29 is 14.3 Å². The van der Waals surface area contributed by atoms with E-state index in [0.29, 0.717) is 29.8 Å². The normalized spacial score (nSPS) is 9.94. The molecule has 0 bridgehead atoms. The maximum Gasteiger partial charge on any atom is 0.220 e. The third-order valence-electron chi connectivity index (χ3n) is 2.51. The summed E-state index contributed by atoms with van der Waals surface area (Å²) >= 11 is 3.23. The lowest BCUT2D eigenvalue weighted by atomic mass is 10.1. The van der Waals surface area contributed by atoms with Gasteiger partial charge in [-0.25, -0.2) is 0 Å². The Hall–Kier alpha value is -1.23. The quantitative estimate of drug-likeness (QED) is 0.784. The number of methoxy groups -OCH3 is 2. The first-order valence-electron chi connectivity index (χ1n) is 5.74.